The SMILES string of the molecule is C=C(F)C(=O)NCCNc1nc(OC[C@@H]2CCCN2C)nc2nc(-c3cccc4c3CCCS4)c(Cl)cc12. The highest BCUT2D eigenvalue weighted by atomic mass is 35.5. The number of anilines is 1. The van der Waals surface area contributed by atoms with Gasteiger partial charge in [-0.25, -0.2) is 9.37 Å². The van der Waals surface area contributed by atoms with E-state index in [0.717, 1.165) is 43.5 Å². The summed E-state index contributed by atoms with van der Waals surface area (Å²) in [7, 11) is 2.09. The second kappa shape index (κ2) is 11.8. The van der Waals surface area contributed by atoms with Gasteiger partial charge in [0, 0.05) is 29.6 Å². The van der Waals surface area contributed by atoms with Gasteiger partial charge in [-0.2, -0.15) is 9.97 Å². The normalized spacial score (nSPS) is 17.3. The van der Waals surface area contributed by atoms with Crippen molar-refractivity contribution in [2.24, 2.45) is 0 Å². The van der Waals surface area contributed by atoms with Crippen LogP contribution in [0.4, 0.5) is 10.2 Å². The molecule has 0 radical (unpaired) electrons. The number of pyridine rings is 1. The van der Waals surface area contributed by atoms with Gasteiger partial charge in [-0.1, -0.05) is 30.3 Å². The monoisotopic (exact) mass is 556 g/mol. The largest absolute Gasteiger partial charge is 0.462 e. The van der Waals surface area contributed by atoms with Crippen molar-refractivity contribution in [2.75, 3.05) is 44.4 Å². The molecule has 0 unspecified atom stereocenters. The number of thioether (sulfide) groups is 1. The number of amides is 1. The summed E-state index contributed by atoms with van der Waals surface area (Å²) in [6.07, 6.45) is 4.28. The van der Waals surface area contributed by atoms with Gasteiger partial charge in [0.1, 0.15) is 12.4 Å². The van der Waals surface area contributed by atoms with Gasteiger partial charge in [0.2, 0.25) is 0 Å². The van der Waals surface area contributed by atoms with E-state index in [1.54, 1.807) is 0 Å². The number of carbonyl (C=O) groups is 1. The van der Waals surface area contributed by atoms with Gasteiger partial charge in [-0.3, -0.25) is 4.79 Å². The van der Waals surface area contributed by atoms with E-state index < -0.39 is 11.7 Å². The third-order valence-corrected chi connectivity index (χ3v) is 8.34. The molecule has 1 saturated heterocycles. The first-order valence-electron chi connectivity index (χ1n) is 12.7. The standard InChI is InChI=1S/C27H30ClFN6O2S/c1-16(29)26(36)31-11-10-30-24-20-14-21(28)23(19-7-3-9-22-18(19)8-5-13-38-22)32-25(20)34-27(33-24)37-15-17-6-4-12-35(17)2/h3,7,9,14,17H,1,4-6,8,10-13,15H2,2H3,(H,31,36)(H,30,32,33,34)/t17-/m0/s1. The molecule has 2 N–H and O–H groups in total. The molecule has 3 aromatic rings. The molecule has 11 heteroatoms. The number of fused-ring (bicyclic) bond motifs is 2. The predicted octanol–water partition coefficient (Wildman–Crippen LogP) is 4.87. The molecule has 2 aliphatic rings. The van der Waals surface area contributed by atoms with Crippen molar-refractivity contribution in [2.45, 2.75) is 36.6 Å². The zero-order valence-electron chi connectivity index (χ0n) is 21.2. The average molecular weight is 557 g/mol. The molecule has 0 spiro atoms. The zero-order valence-corrected chi connectivity index (χ0v) is 22.8. The smallest absolute Gasteiger partial charge is 0.320 e. The number of hydrogen-bond acceptors (Lipinski definition) is 8. The Morgan fingerprint density at radius 2 is 2.16 bits per heavy atom. The van der Waals surface area contributed by atoms with Crippen molar-refractivity contribution in [3.63, 3.8) is 0 Å². The van der Waals surface area contributed by atoms with E-state index in [0.29, 0.717) is 46.8 Å². The molecule has 200 valence electrons. The van der Waals surface area contributed by atoms with Crippen LogP contribution in [0.15, 0.2) is 41.6 Å². The summed E-state index contributed by atoms with van der Waals surface area (Å²) in [4.78, 5) is 29.1. The number of halogens is 2. The summed E-state index contributed by atoms with van der Waals surface area (Å²) < 4.78 is 19.0. The number of carbonyl (C=O) groups excluding carboxylic acids is 1. The first-order chi connectivity index (χ1) is 18.4. The molecule has 8 nitrogen and oxygen atoms in total. The lowest BCUT2D eigenvalue weighted by Crippen LogP contribution is -2.31. The molecule has 1 atom stereocenters. The van der Waals surface area contributed by atoms with Gasteiger partial charge in [-0.15, -0.1) is 11.8 Å². The first kappa shape index (κ1) is 26.6. The maximum atomic E-state index is 13.0. The Balaban J connectivity index is 1.47. The number of likely N-dealkylation sites (N-methyl/N-ethyl adjacent to an activating group) is 1. The van der Waals surface area contributed by atoms with E-state index in [1.807, 2.05) is 23.9 Å². The second-order valence-corrected chi connectivity index (χ2v) is 11.0. The van der Waals surface area contributed by atoms with Crippen molar-refractivity contribution in [3.8, 4) is 17.3 Å². The molecule has 0 bridgehead atoms. The minimum Gasteiger partial charge on any atom is -0.462 e. The summed E-state index contributed by atoms with van der Waals surface area (Å²) in [6.45, 7) is 4.98. The maximum absolute atomic E-state index is 13.0. The number of benzene rings is 1. The highest BCUT2D eigenvalue weighted by molar-refractivity contribution is 7.99. The summed E-state index contributed by atoms with van der Waals surface area (Å²) in [5, 5.41) is 6.76. The Labute approximate surface area is 230 Å². The van der Waals surface area contributed by atoms with Gasteiger partial charge in [0.05, 0.1) is 16.1 Å². The van der Waals surface area contributed by atoms with Crippen LogP contribution in [0.3, 0.4) is 0 Å². The fraction of sp³-hybridized carbons (Fsp3) is 0.407. The average Bonchev–Trinajstić information content (AvgIpc) is 3.33. The molecule has 2 aromatic heterocycles. The third-order valence-electron chi connectivity index (χ3n) is 6.86. The maximum Gasteiger partial charge on any atom is 0.320 e. The quantitative estimate of drug-likeness (QED) is 0.285. The number of nitrogens with one attached hydrogen (secondary N) is 2. The van der Waals surface area contributed by atoms with E-state index in [4.69, 9.17) is 21.3 Å². The Morgan fingerprint density at radius 1 is 1.29 bits per heavy atom. The van der Waals surface area contributed by atoms with Crippen LogP contribution in [0.5, 0.6) is 6.01 Å². The molecule has 0 saturated carbocycles. The summed E-state index contributed by atoms with van der Waals surface area (Å²) in [5.74, 6) is -0.295. The van der Waals surface area contributed by atoms with Crippen molar-refractivity contribution in [1.82, 2.24) is 25.2 Å². The molecule has 2 aliphatic heterocycles. The lowest BCUT2D eigenvalue weighted by molar-refractivity contribution is -0.118. The van der Waals surface area contributed by atoms with Crippen LogP contribution in [-0.2, 0) is 11.2 Å². The molecular weight excluding hydrogens is 527 g/mol. The Bertz CT molecular complexity index is 1370. The van der Waals surface area contributed by atoms with E-state index >= 15 is 0 Å². The van der Waals surface area contributed by atoms with Gasteiger partial charge >= 0.3 is 6.01 Å². The molecule has 1 aromatic carbocycles. The minimum absolute atomic E-state index is 0.170. The van der Waals surface area contributed by atoms with Crippen molar-refractivity contribution >= 4 is 46.1 Å². The highest BCUT2D eigenvalue weighted by Crippen LogP contribution is 2.39. The molecule has 5 rings (SSSR count). The predicted molar refractivity (Wildman–Crippen MR) is 150 cm³/mol. The lowest BCUT2D eigenvalue weighted by Gasteiger charge is -2.20. The Kier molecular flexibility index (Phi) is 8.30. The minimum atomic E-state index is -1.03. The molecule has 38 heavy (non-hydrogen) atoms. The van der Waals surface area contributed by atoms with Gasteiger partial charge < -0.3 is 20.3 Å². The van der Waals surface area contributed by atoms with Crippen molar-refractivity contribution < 1.29 is 13.9 Å². The van der Waals surface area contributed by atoms with Crippen LogP contribution in [0.1, 0.15) is 24.8 Å². The highest BCUT2D eigenvalue weighted by Gasteiger charge is 2.23. The van der Waals surface area contributed by atoms with Crippen LogP contribution in [0, 0.1) is 0 Å². The van der Waals surface area contributed by atoms with Crippen LogP contribution in [0.25, 0.3) is 22.3 Å². The third kappa shape index (κ3) is 5.87. The Hall–Kier alpha value is -2.95. The van der Waals surface area contributed by atoms with Crippen LogP contribution < -0.4 is 15.4 Å². The molecule has 1 amide bonds. The molecule has 0 aliphatic carbocycles. The number of nitrogens with zero attached hydrogens (tertiary/aromatic N) is 4. The van der Waals surface area contributed by atoms with Gasteiger partial charge in [0.15, 0.2) is 11.5 Å². The lowest BCUT2D eigenvalue weighted by atomic mass is 9.99. The number of rotatable bonds is 9. The fourth-order valence-corrected chi connectivity index (χ4v) is 6.15. The van der Waals surface area contributed by atoms with E-state index in [1.165, 1.54) is 10.5 Å². The topological polar surface area (TPSA) is 92.3 Å². The summed E-state index contributed by atoms with van der Waals surface area (Å²) >= 11 is 8.65. The van der Waals surface area contributed by atoms with E-state index in [-0.39, 0.29) is 12.6 Å². The fourth-order valence-electron chi connectivity index (χ4n) is 4.82. The number of likely N-dealkylation sites (tertiary alicyclic amines) is 1. The van der Waals surface area contributed by atoms with Gasteiger partial charge in [0.25, 0.3) is 5.91 Å². The summed E-state index contributed by atoms with van der Waals surface area (Å²) in [6, 6.07) is 8.57. The van der Waals surface area contributed by atoms with E-state index in [9.17, 15) is 9.18 Å². The first-order valence-corrected chi connectivity index (χ1v) is 14.1. The number of ether oxygens (including phenoxy) is 1. The zero-order chi connectivity index (χ0) is 26.6. The summed E-state index contributed by atoms with van der Waals surface area (Å²) in [5.41, 5.74) is 3.41. The number of hydrogen-bond donors (Lipinski definition) is 2. The van der Waals surface area contributed by atoms with E-state index in [2.05, 4.69) is 51.3 Å². The Morgan fingerprint density at radius 3 is 2.95 bits per heavy atom. The van der Waals surface area contributed by atoms with Crippen molar-refractivity contribution in [1.29, 1.82) is 0 Å². The van der Waals surface area contributed by atoms with Crippen LogP contribution in [0.2, 0.25) is 5.02 Å². The second-order valence-electron chi connectivity index (χ2n) is 9.45. The van der Waals surface area contributed by atoms with Crippen molar-refractivity contribution in [3.05, 3.63) is 47.3 Å². The van der Waals surface area contributed by atoms with Crippen LogP contribution >= 0.6 is 23.4 Å². The van der Waals surface area contributed by atoms with Gasteiger partial charge in [-0.05, 0) is 62.7 Å². The number of aromatic nitrogens is 3. The van der Waals surface area contributed by atoms with Crippen LogP contribution in [-0.4, -0.2) is 70.8 Å². The molecular formula is C27H30ClFN6O2S. The molecule has 1 fully saturated rings. The molecule has 4 heterocycles.